The van der Waals surface area contributed by atoms with Gasteiger partial charge in [0, 0.05) is 18.1 Å². The molecule has 20 heavy (non-hydrogen) atoms. The third-order valence-corrected chi connectivity index (χ3v) is 3.74. The molecule has 1 aromatic rings. The van der Waals surface area contributed by atoms with Gasteiger partial charge in [-0.15, -0.1) is 0 Å². The third kappa shape index (κ3) is 3.27. The topological polar surface area (TPSA) is 99.0 Å². The van der Waals surface area contributed by atoms with Crippen LogP contribution in [0.15, 0.2) is 0 Å². The Hall–Kier alpha value is -1.63. The summed E-state index contributed by atoms with van der Waals surface area (Å²) < 4.78 is 1.65. The van der Waals surface area contributed by atoms with E-state index in [1.807, 2.05) is 27.7 Å². The second kappa shape index (κ2) is 6.21. The monoisotopic (exact) mass is 283 g/mol. The van der Waals surface area contributed by atoms with Gasteiger partial charge in [-0.25, -0.2) is 4.68 Å². The predicted octanol–water partition coefficient (Wildman–Crippen LogP) is 2.61. The molecule has 0 aliphatic carbocycles. The van der Waals surface area contributed by atoms with Gasteiger partial charge in [0.05, 0.1) is 4.92 Å². The zero-order chi connectivity index (χ0) is 15.5. The van der Waals surface area contributed by atoms with E-state index in [4.69, 9.17) is 5.73 Å². The number of nitrogens with zero attached hydrogens (tertiary/aromatic N) is 3. The molecule has 3 N–H and O–H groups in total. The summed E-state index contributed by atoms with van der Waals surface area (Å²) in [6.07, 6.45) is 1.61. The molecule has 0 aliphatic rings. The molecule has 0 aromatic carbocycles. The van der Waals surface area contributed by atoms with Gasteiger partial charge >= 0.3 is 5.69 Å². The lowest BCUT2D eigenvalue weighted by Crippen LogP contribution is -2.45. The van der Waals surface area contributed by atoms with Gasteiger partial charge in [0.15, 0.2) is 0 Å². The molecule has 0 radical (unpaired) electrons. The highest BCUT2D eigenvalue weighted by Gasteiger charge is 2.28. The molecule has 0 aliphatic heterocycles. The SMILES string of the molecule is CCC(N)(CC)CNc1c([N+](=O)[O-])c(C)nn1C(C)C. The van der Waals surface area contributed by atoms with E-state index < -0.39 is 0 Å². The lowest BCUT2D eigenvalue weighted by molar-refractivity contribution is -0.384. The molecule has 0 spiro atoms. The summed E-state index contributed by atoms with van der Waals surface area (Å²) in [6, 6.07) is 0.0420. The van der Waals surface area contributed by atoms with Crippen LogP contribution in [0.1, 0.15) is 52.3 Å². The first-order chi connectivity index (χ1) is 9.25. The first kappa shape index (κ1) is 16.4. The van der Waals surface area contributed by atoms with E-state index in [9.17, 15) is 10.1 Å². The number of nitrogens with two attached hydrogens (primary N) is 1. The van der Waals surface area contributed by atoms with E-state index in [2.05, 4.69) is 10.4 Å². The van der Waals surface area contributed by atoms with Crippen LogP contribution in [0.25, 0.3) is 0 Å². The minimum absolute atomic E-state index is 0.0354. The van der Waals surface area contributed by atoms with Crippen molar-refractivity contribution in [1.29, 1.82) is 0 Å². The molecule has 0 amide bonds. The van der Waals surface area contributed by atoms with Gasteiger partial charge in [-0.3, -0.25) is 10.1 Å². The largest absolute Gasteiger partial charge is 0.363 e. The van der Waals surface area contributed by atoms with Crippen LogP contribution in [0.3, 0.4) is 0 Å². The number of aromatic nitrogens is 2. The van der Waals surface area contributed by atoms with Crippen molar-refractivity contribution in [3.05, 3.63) is 15.8 Å². The van der Waals surface area contributed by atoms with Crippen molar-refractivity contribution in [2.75, 3.05) is 11.9 Å². The zero-order valence-corrected chi connectivity index (χ0v) is 12.9. The Morgan fingerprint density at radius 2 is 2.00 bits per heavy atom. The van der Waals surface area contributed by atoms with Crippen molar-refractivity contribution in [2.45, 2.75) is 59.0 Å². The zero-order valence-electron chi connectivity index (χ0n) is 12.9. The highest BCUT2D eigenvalue weighted by atomic mass is 16.6. The van der Waals surface area contributed by atoms with Crippen LogP contribution in [-0.2, 0) is 0 Å². The smallest absolute Gasteiger partial charge is 0.333 e. The number of rotatable bonds is 7. The molecule has 0 bridgehead atoms. The number of nitrogens with one attached hydrogen (secondary N) is 1. The van der Waals surface area contributed by atoms with Gasteiger partial charge < -0.3 is 11.1 Å². The molecule has 0 saturated carbocycles. The third-order valence-electron chi connectivity index (χ3n) is 3.74. The van der Waals surface area contributed by atoms with Crippen molar-refractivity contribution >= 4 is 11.5 Å². The Labute approximate surface area is 119 Å². The quantitative estimate of drug-likeness (QED) is 0.592. The molecular formula is C13H25N5O2. The number of aryl methyl sites for hydroxylation is 1. The standard InChI is InChI=1S/C13H25N5O2/c1-6-13(14,7-2)8-15-12-11(18(19)20)10(5)16-17(12)9(3)4/h9,15H,6-8,14H2,1-5H3. The van der Waals surface area contributed by atoms with Crippen LogP contribution in [-0.4, -0.2) is 26.8 Å². The fourth-order valence-corrected chi connectivity index (χ4v) is 2.06. The average Bonchev–Trinajstić information content (AvgIpc) is 2.73. The molecule has 7 heteroatoms. The second-order valence-corrected chi connectivity index (χ2v) is 5.50. The molecule has 114 valence electrons. The maximum absolute atomic E-state index is 11.2. The molecule has 0 fully saturated rings. The highest BCUT2D eigenvalue weighted by Crippen LogP contribution is 2.31. The summed E-state index contributed by atoms with van der Waals surface area (Å²) in [7, 11) is 0. The second-order valence-electron chi connectivity index (χ2n) is 5.50. The van der Waals surface area contributed by atoms with Crippen molar-refractivity contribution < 1.29 is 4.92 Å². The summed E-state index contributed by atoms with van der Waals surface area (Å²) in [4.78, 5) is 10.8. The minimum atomic E-state index is -0.389. The molecule has 0 atom stereocenters. The van der Waals surface area contributed by atoms with Crippen LogP contribution in [0.2, 0.25) is 0 Å². The maximum atomic E-state index is 11.2. The normalized spacial score (nSPS) is 11.9. The van der Waals surface area contributed by atoms with Gasteiger partial charge in [-0.05, 0) is 33.6 Å². The lowest BCUT2D eigenvalue weighted by atomic mass is 9.94. The van der Waals surface area contributed by atoms with Crippen LogP contribution in [0.4, 0.5) is 11.5 Å². The van der Waals surface area contributed by atoms with E-state index in [1.165, 1.54) is 0 Å². The van der Waals surface area contributed by atoms with Gasteiger partial charge in [-0.2, -0.15) is 5.10 Å². The van der Waals surface area contributed by atoms with Gasteiger partial charge in [0.1, 0.15) is 5.69 Å². The first-order valence-electron chi connectivity index (χ1n) is 7.02. The van der Waals surface area contributed by atoms with Gasteiger partial charge in [-0.1, -0.05) is 13.8 Å². The number of hydrogen-bond donors (Lipinski definition) is 2. The number of hydrogen-bond acceptors (Lipinski definition) is 5. The molecule has 0 saturated heterocycles. The number of nitro groups is 1. The first-order valence-corrected chi connectivity index (χ1v) is 7.02. The Kier molecular flexibility index (Phi) is 5.10. The molecule has 1 aromatic heterocycles. The van der Waals surface area contributed by atoms with Crippen LogP contribution in [0, 0.1) is 17.0 Å². The fourth-order valence-electron chi connectivity index (χ4n) is 2.06. The summed E-state index contributed by atoms with van der Waals surface area (Å²) in [5, 5.41) is 18.6. The fraction of sp³-hybridized carbons (Fsp3) is 0.769. The predicted molar refractivity (Wildman–Crippen MR) is 80.0 cm³/mol. The molecular weight excluding hydrogens is 258 g/mol. The van der Waals surface area contributed by atoms with Crippen LogP contribution >= 0.6 is 0 Å². The van der Waals surface area contributed by atoms with Crippen LogP contribution < -0.4 is 11.1 Å². The van der Waals surface area contributed by atoms with E-state index >= 15 is 0 Å². The van der Waals surface area contributed by atoms with E-state index in [0.717, 1.165) is 12.8 Å². The summed E-state index contributed by atoms with van der Waals surface area (Å²) in [6.45, 7) is 10.1. The summed E-state index contributed by atoms with van der Waals surface area (Å²) in [5.74, 6) is 0.444. The summed E-state index contributed by atoms with van der Waals surface area (Å²) in [5.41, 5.74) is 6.33. The Morgan fingerprint density at radius 3 is 2.40 bits per heavy atom. The molecule has 0 unspecified atom stereocenters. The van der Waals surface area contributed by atoms with Crippen molar-refractivity contribution in [3.63, 3.8) is 0 Å². The Bertz CT molecular complexity index is 477. The highest BCUT2D eigenvalue weighted by molar-refractivity contribution is 5.60. The molecule has 1 heterocycles. The number of anilines is 1. The van der Waals surface area contributed by atoms with Crippen molar-refractivity contribution in [1.82, 2.24) is 9.78 Å². The van der Waals surface area contributed by atoms with E-state index in [0.29, 0.717) is 18.1 Å². The van der Waals surface area contributed by atoms with Crippen LogP contribution in [0.5, 0.6) is 0 Å². The van der Waals surface area contributed by atoms with Crippen molar-refractivity contribution in [3.8, 4) is 0 Å². The average molecular weight is 283 g/mol. The van der Waals surface area contributed by atoms with Crippen molar-refractivity contribution in [2.24, 2.45) is 5.73 Å². The Balaban J connectivity index is 3.12. The van der Waals surface area contributed by atoms with E-state index in [1.54, 1.807) is 11.6 Å². The lowest BCUT2D eigenvalue weighted by Gasteiger charge is -2.27. The minimum Gasteiger partial charge on any atom is -0.363 e. The maximum Gasteiger partial charge on any atom is 0.333 e. The molecule has 7 nitrogen and oxygen atoms in total. The van der Waals surface area contributed by atoms with Gasteiger partial charge in [0.25, 0.3) is 0 Å². The van der Waals surface area contributed by atoms with E-state index in [-0.39, 0.29) is 22.2 Å². The Morgan fingerprint density at radius 1 is 1.45 bits per heavy atom. The van der Waals surface area contributed by atoms with Gasteiger partial charge in [0.2, 0.25) is 5.82 Å². The molecule has 1 rings (SSSR count). The summed E-state index contributed by atoms with van der Waals surface area (Å²) >= 11 is 0.